The summed E-state index contributed by atoms with van der Waals surface area (Å²) in [5.74, 6) is 0.466. The van der Waals surface area contributed by atoms with E-state index in [2.05, 4.69) is 24.4 Å². The molecule has 3 amide bonds. The first kappa shape index (κ1) is 24.3. The molecular weight excluding hydrogens is 434 g/mol. The fourth-order valence-electron chi connectivity index (χ4n) is 3.46. The van der Waals surface area contributed by atoms with Gasteiger partial charge < -0.3 is 19.9 Å². The second kappa shape index (κ2) is 11.5. The number of para-hydroxylation sites is 2. The van der Waals surface area contributed by atoms with Gasteiger partial charge in [0.25, 0.3) is 0 Å². The number of rotatable bonds is 9. The summed E-state index contributed by atoms with van der Waals surface area (Å²) in [5.41, 5.74) is 1.62. The maximum absolute atomic E-state index is 13.4. The van der Waals surface area contributed by atoms with Crippen LogP contribution in [0.5, 0.6) is 5.75 Å². The number of amides is 3. The van der Waals surface area contributed by atoms with Crippen LogP contribution >= 0.6 is 11.3 Å². The summed E-state index contributed by atoms with van der Waals surface area (Å²) in [7, 11) is 1.56. The van der Waals surface area contributed by atoms with Crippen LogP contribution in [0.3, 0.4) is 0 Å². The molecule has 0 aliphatic carbocycles. The third-order valence-electron chi connectivity index (χ3n) is 5.25. The van der Waals surface area contributed by atoms with Crippen molar-refractivity contribution in [1.82, 2.24) is 9.80 Å². The van der Waals surface area contributed by atoms with Crippen molar-refractivity contribution in [3.8, 4) is 5.75 Å². The Labute approximate surface area is 199 Å². The summed E-state index contributed by atoms with van der Waals surface area (Å²) in [6.07, 6.45) is 0. The Kier molecular flexibility index (Phi) is 8.49. The number of nitrogens with one attached hydrogen (secondary N) is 1. The van der Waals surface area contributed by atoms with Gasteiger partial charge in [-0.15, -0.1) is 11.3 Å². The van der Waals surface area contributed by atoms with Crippen molar-refractivity contribution in [1.29, 1.82) is 0 Å². The van der Waals surface area contributed by atoms with Gasteiger partial charge >= 0.3 is 6.03 Å². The number of carbonyl (C=O) groups excluding carboxylic acids is 2. The summed E-state index contributed by atoms with van der Waals surface area (Å²) >= 11 is 1.68. The number of hydrogen-bond donors (Lipinski definition) is 1. The summed E-state index contributed by atoms with van der Waals surface area (Å²) < 4.78 is 5.33. The molecule has 1 N–H and O–H groups in total. The number of carbonyl (C=O) groups is 2. The normalized spacial score (nSPS) is 10.7. The van der Waals surface area contributed by atoms with E-state index < -0.39 is 0 Å². The van der Waals surface area contributed by atoms with E-state index in [1.807, 2.05) is 61.2 Å². The van der Waals surface area contributed by atoms with E-state index in [0.29, 0.717) is 24.5 Å². The maximum Gasteiger partial charge on any atom is 0.322 e. The lowest BCUT2D eigenvalue weighted by Crippen LogP contribution is -2.47. The van der Waals surface area contributed by atoms with Crippen molar-refractivity contribution in [3.05, 3.63) is 82.0 Å². The highest BCUT2D eigenvalue weighted by molar-refractivity contribution is 7.11. The van der Waals surface area contributed by atoms with Gasteiger partial charge in [-0.1, -0.05) is 42.5 Å². The second-order valence-electron chi connectivity index (χ2n) is 8.10. The average molecular weight is 466 g/mol. The van der Waals surface area contributed by atoms with Gasteiger partial charge in [0.1, 0.15) is 12.3 Å². The van der Waals surface area contributed by atoms with E-state index in [4.69, 9.17) is 4.74 Å². The van der Waals surface area contributed by atoms with E-state index in [-0.39, 0.29) is 24.5 Å². The molecule has 0 bridgehead atoms. The van der Waals surface area contributed by atoms with Crippen molar-refractivity contribution in [2.24, 2.45) is 0 Å². The number of ether oxygens (including phenoxy) is 1. The van der Waals surface area contributed by atoms with Crippen molar-refractivity contribution in [2.75, 3.05) is 19.0 Å². The van der Waals surface area contributed by atoms with Crippen LogP contribution < -0.4 is 10.1 Å². The average Bonchev–Trinajstić information content (AvgIpc) is 3.22. The van der Waals surface area contributed by atoms with E-state index >= 15 is 0 Å². The van der Waals surface area contributed by atoms with Gasteiger partial charge in [-0.2, -0.15) is 0 Å². The largest absolute Gasteiger partial charge is 0.495 e. The summed E-state index contributed by atoms with van der Waals surface area (Å²) in [4.78, 5) is 32.2. The molecule has 174 valence electrons. The standard InChI is InChI=1S/C26H31N3O3S/c1-19(2)29(26(31)27-23-12-8-9-13-24(23)32-4)18-25(30)28(16-21-10-6-5-7-11-21)17-22-15-14-20(3)33-22/h5-15,19H,16-18H2,1-4H3,(H,27,31). The zero-order chi connectivity index (χ0) is 23.8. The molecule has 0 fully saturated rings. The molecule has 0 saturated carbocycles. The van der Waals surface area contributed by atoms with Crippen LogP contribution in [0.2, 0.25) is 0 Å². The van der Waals surface area contributed by atoms with Crippen LogP contribution in [-0.4, -0.2) is 41.4 Å². The summed E-state index contributed by atoms with van der Waals surface area (Å²) in [6.45, 7) is 6.83. The Morgan fingerprint density at radius 2 is 1.67 bits per heavy atom. The molecule has 3 aromatic rings. The molecular formula is C26H31N3O3S. The molecule has 0 spiro atoms. The highest BCUT2D eigenvalue weighted by Crippen LogP contribution is 2.24. The monoisotopic (exact) mass is 465 g/mol. The topological polar surface area (TPSA) is 61.9 Å². The smallest absolute Gasteiger partial charge is 0.322 e. The van der Waals surface area contributed by atoms with Crippen molar-refractivity contribution in [3.63, 3.8) is 0 Å². The third-order valence-corrected chi connectivity index (χ3v) is 6.24. The SMILES string of the molecule is COc1ccccc1NC(=O)N(CC(=O)N(Cc1ccccc1)Cc1ccc(C)s1)C(C)C. The lowest BCUT2D eigenvalue weighted by molar-refractivity contribution is -0.133. The molecule has 0 radical (unpaired) electrons. The lowest BCUT2D eigenvalue weighted by Gasteiger charge is -2.30. The number of hydrogen-bond acceptors (Lipinski definition) is 4. The van der Waals surface area contributed by atoms with Crippen LogP contribution in [0, 0.1) is 6.92 Å². The summed E-state index contributed by atoms with van der Waals surface area (Å²) in [6, 6.07) is 20.8. The number of nitrogens with zero attached hydrogens (tertiary/aromatic N) is 2. The van der Waals surface area contributed by atoms with Crippen LogP contribution in [0.25, 0.3) is 0 Å². The van der Waals surface area contributed by atoms with Crippen molar-refractivity contribution >= 4 is 29.0 Å². The van der Waals surface area contributed by atoms with Crippen LogP contribution in [0.15, 0.2) is 66.7 Å². The number of methoxy groups -OCH3 is 1. The minimum Gasteiger partial charge on any atom is -0.495 e. The van der Waals surface area contributed by atoms with E-state index in [1.165, 1.54) is 4.88 Å². The lowest BCUT2D eigenvalue weighted by atomic mass is 10.2. The first-order valence-corrected chi connectivity index (χ1v) is 11.8. The minimum atomic E-state index is -0.338. The third kappa shape index (κ3) is 6.83. The molecule has 3 rings (SSSR count). The van der Waals surface area contributed by atoms with Gasteiger partial charge in [0.2, 0.25) is 5.91 Å². The molecule has 6 nitrogen and oxygen atoms in total. The quantitative estimate of drug-likeness (QED) is 0.452. The Bertz CT molecular complexity index is 1070. The van der Waals surface area contributed by atoms with Gasteiger partial charge in [-0.3, -0.25) is 4.79 Å². The molecule has 0 saturated heterocycles. The van der Waals surface area contributed by atoms with Crippen LogP contribution in [0.1, 0.15) is 29.2 Å². The maximum atomic E-state index is 13.4. The molecule has 7 heteroatoms. The highest BCUT2D eigenvalue weighted by atomic mass is 32.1. The first-order valence-electron chi connectivity index (χ1n) is 10.9. The number of anilines is 1. The molecule has 1 aromatic heterocycles. The summed E-state index contributed by atoms with van der Waals surface area (Å²) in [5, 5.41) is 2.88. The van der Waals surface area contributed by atoms with E-state index in [9.17, 15) is 9.59 Å². The Balaban J connectivity index is 1.77. The molecule has 2 aromatic carbocycles. The first-order chi connectivity index (χ1) is 15.9. The Morgan fingerprint density at radius 1 is 0.970 bits per heavy atom. The van der Waals surface area contributed by atoms with Gasteiger partial charge in [-0.25, -0.2) is 4.79 Å². The van der Waals surface area contributed by atoms with Gasteiger partial charge in [-0.05, 0) is 50.6 Å². The zero-order valence-corrected chi connectivity index (χ0v) is 20.4. The predicted molar refractivity (Wildman–Crippen MR) is 134 cm³/mol. The number of urea groups is 1. The zero-order valence-electron chi connectivity index (χ0n) is 19.6. The fraction of sp³-hybridized carbons (Fsp3) is 0.308. The van der Waals surface area contributed by atoms with Gasteiger partial charge in [0.15, 0.2) is 0 Å². The highest BCUT2D eigenvalue weighted by Gasteiger charge is 2.25. The minimum absolute atomic E-state index is 0.0180. The predicted octanol–water partition coefficient (Wildman–Crippen LogP) is 5.54. The number of aryl methyl sites for hydroxylation is 1. The van der Waals surface area contributed by atoms with E-state index in [1.54, 1.807) is 35.5 Å². The molecule has 33 heavy (non-hydrogen) atoms. The Morgan fingerprint density at radius 3 is 2.30 bits per heavy atom. The van der Waals surface area contributed by atoms with Crippen LogP contribution in [-0.2, 0) is 17.9 Å². The van der Waals surface area contributed by atoms with Gasteiger partial charge in [0.05, 0.1) is 19.3 Å². The fourth-order valence-corrected chi connectivity index (χ4v) is 4.37. The molecule has 1 heterocycles. The molecule has 0 aliphatic heterocycles. The van der Waals surface area contributed by atoms with Gasteiger partial charge in [0, 0.05) is 22.3 Å². The molecule has 0 unspecified atom stereocenters. The number of thiophene rings is 1. The second-order valence-corrected chi connectivity index (χ2v) is 9.47. The molecule has 0 atom stereocenters. The van der Waals surface area contributed by atoms with Crippen molar-refractivity contribution in [2.45, 2.75) is 39.9 Å². The van der Waals surface area contributed by atoms with Crippen molar-refractivity contribution < 1.29 is 14.3 Å². The number of benzene rings is 2. The molecule has 0 aliphatic rings. The van der Waals surface area contributed by atoms with E-state index in [0.717, 1.165) is 10.4 Å². The Hall–Kier alpha value is -3.32. The van der Waals surface area contributed by atoms with Crippen LogP contribution in [0.4, 0.5) is 10.5 Å².